The van der Waals surface area contributed by atoms with Crippen LogP contribution in [0.25, 0.3) is 21.8 Å². The molecule has 0 aliphatic rings. The number of pyridine rings is 2. The van der Waals surface area contributed by atoms with Crippen LogP contribution in [0.15, 0.2) is 54.2 Å². The Morgan fingerprint density at radius 1 is 1.09 bits per heavy atom. The molecule has 3 atom stereocenters. The van der Waals surface area contributed by atoms with Gasteiger partial charge in [0, 0.05) is 89.9 Å². The van der Waals surface area contributed by atoms with E-state index in [4.69, 9.17) is 9.29 Å². The van der Waals surface area contributed by atoms with Crippen molar-refractivity contribution >= 4 is 44.5 Å². The molecule has 0 saturated heterocycles. The van der Waals surface area contributed by atoms with Crippen molar-refractivity contribution in [3.05, 3.63) is 64.6 Å². The third kappa shape index (κ3) is 9.03. The topological polar surface area (TPSA) is 116 Å². The van der Waals surface area contributed by atoms with Crippen molar-refractivity contribution in [1.29, 1.82) is 0 Å². The molecule has 0 spiro atoms. The number of benzene rings is 1. The molecular formula is C21H18EuF3N2NaO5S2. The summed E-state index contributed by atoms with van der Waals surface area (Å²) in [5.74, 6) is 0.253. The van der Waals surface area contributed by atoms with Crippen molar-refractivity contribution < 1.29 is 115 Å². The number of alkyl halides is 3. The first-order chi connectivity index (χ1) is 15.6. The van der Waals surface area contributed by atoms with E-state index in [2.05, 4.69) is 9.97 Å². The van der Waals surface area contributed by atoms with Gasteiger partial charge in [0.15, 0.2) is 6.10 Å². The summed E-state index contributed by atoms with van der Waals surface area (Å²) in [5, 5.41) is 21.2. The van der Waals surface area contributed by atoms with Crippen LogP contribution in [0.4, 0.5) is 13.2 Å². The Hall–Kier alpha value is -0.0556. The number of thiophene rings is 1. The van der Waals surface area contributed by atoms with Crippen LogP contribution < -0.4 is 33.7 Å². The fraction of sp³-hybridized carbons (Fsp3) is 0.238. The van der Waals surface area contributed by atoms with Gasteiger partial charge >= 0.3 is 35.7 Å². The molecule has 0 bridgehead atoms. The van der Waals surface area contributed by atoms with E-state index in [0.29, 0.717) is 15.8 Å². The summed E-state index contributed by atoms with van der Waals surface area (Å²) in [6.45, 7) is 1.99. The third-order valence-electron chi connectivity index (χ3n) is 4.65. The zero-order chi connectivity index (χ0) is 24.2. The van der Waals surface area contributed by atoms with Crippen LogP contribution in [0.3, 0.4) is 0 Å². The fourth-order valence-corrected chi connectivity index (χ4v) is 4.05. The molecular weight excluding hydrogens is 656 g/mol. The van der Waals surface area contributed by atoms with E-state index >= 15 is 0 Å². The normalized spacial score (nSPS) is 13.6. The van der Waals surface area contributed by atoms with Gasteiger partial charge in [-0.25, -0.2) is 4.21 Å². The van der Waals surface area contributed by atoms with Gasteiger partial charge in [-0.3, -0.25) is 9.97 Å². The van der Waals surface area contributed by atoms with Crippen LogP contribution >= 0.6 is 11.3 Å². The minimum absolute atomic E-state index is 0. The van der Waals surface area contributed by atoms with Crippen LogP contribution in [-0.4, -0.2) is 41.2 Å². The Kier molecular flexibility index (Phi) is 13.9. The van der Waals surface area contributed by atoms with Crippen molar-refractivity contribution in [3.8, 4) is 5.75 Å². The summed E-state index contributed by atoms with van der Waals surface area (Å²) in [6, 6.07) is 10.3. The molecule has 0 aliphatic heterocycles. The summed E-state index contributed by atoms with van der Waals surface area (Å²) in [6.07, 6.45) is -5.90. The summed E-state index contributed by atoms with van der Waals surface area (Å²) >= 11 is -1.45. The SMILES string of the molecule is Cc1ccnc2c1ccc1c(OS(=O)[O-])ccnc12.OC(CC(O)C(F)(F)F)c1cccs1.[Eu].[Na+]. The molecule has 2 N–H and O–H groups in total. The predicted molar refractivity (Wildman–Crippen MR) is 117 cm³/mol. The number of hydrogen-bond donors (Lipinski definition) is 2. The van der Waals surface area contributed by atoms with E-state index < -0.39 is 36.2 Å². The Labute approximate surface area is 268 Å². The van der Waals surface area contributed by atoms with Gasteiger partial charge in [0.1, 0.15) is 22.6 Å². The van der Waals surface area contributed by atoms with E-state index in [0.717, 1.165) is 27.8 Å². The molecule has 183 valence electrons. The second-order valence-corrected chi connectivity index (χ2v) is 8.46. The molecule has 3 unspecified atom stereocenters. The van der Waals surface area contributed by atoms with Gasteiger partial charge in [-0.2, -0.15) is 13.2 Å². The maximum Gasteiger partial charge on any atom is 1.00 e. The maximum atomic E-state index is 11.9. The Balaban J connectivity index is 0.000000346. The van der Waals surface area contributed by atoms with Gasteiger partial charge < -0.3 is 18.9 Å². The first-order valence-electron chi connectivity index (χ1n) is 9.44. The predicted octanol–water partition coefficient (Wildman–Crippen LogP) is 1.36. The smallest absolute Gasteiger partial charge is 0.740 e. The molecule has 3 heterocycles. The molecule has 3 aromatic heterocycles. The quantitative estimate of drug-likeness (QED) is 0.187. The number of aliphatic hydroxyl groups excluding tert-OH is 2. The molecule has 0 fully saturated rings. The minimum Gasteiger partial charge on any atom is -0.740 e. The number of fused-ring (bicyclic) bond motifs is 3. The molecule has 4 aromatic rings. The molecule has 14 heteroatoms. The summed E-state index contributed by atoms with van der Waals surface area (Å²) < 4.78 is 61.8. The fourth-order valence-electron chi connectivity index (χ4n) is 3.03. The van der Waals surface area contributed by atoms with Crippen LogP contribution in [-0.2, 0) is 11.4 Å². The van der Waals surface area contributed by atoms with E-state index in [1.807, 2.05) is 19.1 Å². The number of aryl methyl sites for hydroxylation is 1. The average Bonchev–Trinajstić information content (AvgIpc) is 3.29. The van der Waals surface area contributed by atoms with Crippen molar-refractivity contribution in [3.63, 3.8) is 0 Å². The molecule has 1 aromatic carbocycles. The van der Waals surface area contributed by atoms with Crippen LogP contribution in [0, 0.1) is 56.3 Å². The van der Waals surface area contributed by atoms with Gasteiger partial charge in [-0.15, -0.1) is 11.3 Å². The van der Waals surface area contributed by atoms with Crippen molar-refractivity contribution in [2.75, 3.05) is 0 Å². The number of halogens is 3. The van der Waals surface area contributed by atoms with Gasteiger partial charge in [0.05, 0.1) is 11.6 Å². The monoisotopic (exact) mass is 675 g/mol. The zero-order valence-corrected chi connectivity index (χ0v) is 24.5. The number of hydrogen-bond acceptors (Lipinski definition) is 8. The Morgan fingerprint density at radius 2 is 1.69 bits per heavy atom. The van der Waals surface area contributed by atoms with Gasteiger partial charge in [0.25, 0.3) is 0 Å². The van der Waals surface area contributed by atoms with E-state index in [1.165, 1.54) is 18.3 Å². The molecule has 4 rings (SSSR count). The molecule has 1 radical (unpaired) electrons. The van der Waals surface area contributed by atoms with E-state index in [-0.39, 0.29) is 84.7 Å². The van der Waals surface area contributed by atoms with E-state index in [9.17, 15) is 27.0 Å². The Morgan fingerprint density at radius 3 is 2.26 bits per heavy atom. The molecule has 35 heavy (non-hydrogen) atoms. The number of rotatable bonds is 5. The maximum absolute atomic E-state index is 11.9. The molecule has 0 amide bonds. The molecule has 0 saturated carbocycles. The summed E-state index contributed by atoms with van der Waals surface area (Å²) in [5.41, 5.74) is 2.45. The zero-order valence-electron chi connectivity index (χ0n) is 18.4. The van der Waals surface area contributed by atoms with Crippen molar-refractivity contribution in [2.24, 2.45) is 0 Å². The summed E-state index contributed by atoms with van der Waals surface area (Å²) in [4.78, 5) is 9.02. The first-order valence-corrected chi connectivity index (χ1v) is 11.3. The standard InChI is InChI=1S/C13H10N2O3S.C8H9F3O2S.Eu.Na/c1-8-4-6-14-12-9(8)2-3-10-11(18-19(16)17)5-7-15-13(10)12;9-8(10,11)7(13)4-5(12)6-2-1-3-14-6;;/h2-7H,1H3,(H,16,17);1-3,5,7,12-13H,4H2;;/q;;;+1/p-1. The molecule has 0 aliphatic carbocycles. The summed E-state index contributed by atoms with van der Waals surface area (Å²) in [7, 11) is 0. The van der Waals surface area contributed by atoms with E-state index in [1.54, 1.807) is 23.7 Å². The molecule has 7 nitrogen and oxygen atoms in total. The second-order valence-electron chi connectivity index (χ2n) is 6.91. The van der Waals surface area contributed by atoms with Gasteiger partial charge in [-0.05, 0) is 36.1 Å². The van der Waals surface area contributed by atoms with Gasteiger partial charge in [0.2, 0.25) is 0 Å². The Bertz CT molecular complexity index is 1270. The van der Waals surface area contributed by atoms with Crippen LogP contribution in [0.1, 0.15) is 23.0 Å². The van der Waals surface area contributed by atoms with Gasteiger partial charge in [-0.1, -0.05) is 12.1 Å². The van der Waals surface area contributed by atoms with Crippen LogP contribution in [0.2, 0.25) is 0 Å². The number of aromatic nitrogens is 2. The van der Waals surface area contributed by atoms with Crippen LogP contribution in [0.5, 0.6) is 5.75 Å². The minimum atomic E-state index is -4.67. The third-order valence-corrected chi connectivity index (χ3v) is 5.94. The second kappa shape index (κ2) is 14.8. The number of nitrogens with zero attached hydrogens (tertiary/aromatic N) is 2. The van der Waals surface area contributed by atoms with Crippen molar-refractivity contribution in [2.45, 2.75) is 31.7 Å². The number of aliphatic hydroxyl groups is 2. The average molecular weight is 674 g/mol. The first kappa shape index (κ1) is 33.0. The largest absolute Gasteiger partial charge is 1.00 e. The van der Waals surface area contributed by atoms with Crippen molar-refractivity contribution in [1.82, 2.24) is 9.97 Å².